The molecule has 1 aliphatic carbocycles. The van der Waals surface area contributed by atoms with Gasteiger partial charge < -0.3 is 5.32 Å². The number of guanidine groups is 1. The molecular weight excluding hydrogens is 457 g/mol. The van der Waals surface area contributed by atoms with Crippen molar-refractivity contribution in [2.24, 2.45) is 16.7 Å². The van der Waals surface area contributed by atoms with Crippen molar-refractivity contribution < 1.29 is 0 Å². The summed E-state index contributed by atoms with van der Waals surface area (Å²) < 4.78 is 0. The molecule has 5 rings (SSSR count). The molecule has 1 aliphatic heterocycles. The third-order valence-electron chi connectivity index (χ3n) is 5.92. The second-order valence-corrected chi connectivity index (χ2v) is 8.85. The largest absolute Gasteiger partial charge is 0.309 e. The van der Waals surface area contributed by atoms with E-state index in [9.17, 15) is 0 Å². The van der Waals surface area contributed by atoms with E-state index in [1.807, 2.05) is 48.5 Å². The summed E-state index contributed by atoms with van der Waals surface area (Å²) in [5.41, 5.74) is 12.7. The molecule has 7 nitrogen and oxygen atoms in total. The minimum atomic E-state index is -0.513. The molecule has 0 saturated heterocycles. The minimum Gasteiger partial charge on any atom is -0.309 e. The maximum absolute atomic E-state index is 6.18. The van der Waals surface area contributed by atoms with Gasteiger partial charge in [-0.1, -0.05) is 47.5 Å². The number of nitrogens with two attached hydrogens (primary N) is 2. The highest BCUT2D eigenvalue weighted by Crippen LogP contribution is 2.44. The zero-order valence-electron chi connectivity index (χ0n) is 17.7. The van der Waals surface area contributed by atoms with Crippen LogP contribution >= 0.6 is 23.2 Å². The van der Waals surface area contributed by atoms with Gasteiger partial charge >= 0.3 is 0 Å². The number of allylic oxidation sites excluding steroid dienone is 1. The summed E-state index contributed by atoms with van der Waals surface area (Å²) >= 11 is 12.3. The van der Waals surface area contributed by atoms with E-state index in [2.05, 4.69) is 27.2 Å². The van der Waals surface area contributed by atoms with Crippen LogP contribution in [0, 0.1) is 0 Å². The van der Waals surface area contributed by atoms with Crippen molar-refractivity contribution in [2.75, 3.05) is 5.32 Å². The van der Waals surface area contributed by atoms with Crippen molar-refractivity contribution in [3.8, 4) is 11.1 Å². The summed E-state index contributed by atoms with van der Waals surface area (Å²) in [4.78, 5) is 9.59. The Hall–Kier alpha value is -2.94. The third-order valence-corrected chi connectivity index (χ3v) is 6.42. The number of halogens is 2. The zero-order chi connectivity index (χ0) is 22.9. The number of anilines is 1. The van der Waals surface area contributed by atoms with Crippen LogP contribution in [0.5, 0.6) is 0 Å². The molecule has 0 radical (unpaired) electrons. The first kappa shape index (κ1) is 21.9. The molecule has 0 bridgehead atoms. The van der Waals surface area contributed by atoms with Crippen LogP contribution in [-0.4, -0.2) is 10.9 Å². The van der Waals surface area contributed by atoms with Crippen molar-refractivity contribution in [3.05, 3.63) is 81.0 Å². The number of nitrogens with one attached hydrogen (secondary N) is 3. The van der Waals surface area contributed by atoms with Crippen molar-refractivity contribution >= 4 is 46.6 Å². The van der Waals surface area contributed by atoms with Crippen LogP contribution in [0.4, 0.5) is 5.82 Å². The van der Waals surface area contributed by atoms with Gasteiger partial charge in [0.2, 0.25) is 5.96 Å². The molecule has 1 aromatic heterocycles. The van der Waals surface area contributed by atoms with Crippen molar-refractivity contribution in [1.82, 2.24) is 15.8 Å². The lowest BCUT2D eigenvalue weighted by molar-refractivity contribution is 0.571. The summed E-state index contributed by atoms with van der Waals surface area (Å²) in [5.74, 6) is 12.6. The molecule has 0 fully saturated rings. The lowest BCUT2D eigenvalue weighted by Crippen LogP contribution is -2.42. The first-order valence-corrected chi connectivity index (χ1v) is 11.4. The molecule has 168 valence electrons. The molecule has 0 amide bonds. The van der Waals surface area contributed by atoms with Gasteiger partial charge in [-0.15, -0.1) is 0 Å². The molecule has 0 spiro atoms. The second-order valence-electron chi connectivity index (χ2n) is 7.97. The van der Waals surface area contributed by atoms with Gasteiger partial charge in [0.1, 0.15) is 12.0 Å². The van der Waals surface area contributed by atoms with E-state index in [0.717, 1.165) is 47.2 Å². The first-order chi connectivity index (χ1) is 16.1. The zero-order valence-corrected chi connectivity index (χ0v) is 19.2. The van der Waals surface area contributed by atoms with E-state index in [4.69, 9.17) is 39.9 Å². The number of hydrogen-bond acceptors (Lipinski definition) is 7. The molecule has 9 heteroatoms. The average Bonchev–Trinajstić information content (AvgIpc) is 2.84. The molecular formula is C24H23Cl2N7. The van der Waals surface area contributed by atoms with Gasteiger partial charge in [0.25, 0.3) is 0 Å². The van der Waals surface area contributed by atoms with Gasteiger partial charge in [0, 0.05) is 15.6 Å². The van der Waals surface area contributed by atoms with Crippen LogP contribution in [0.2, 0.25) is 10.0 Å². The quantitative estimate of drug-likeness (QED) is 0.276. The Morgan fingerprint density at radius 1 is 0.970 bits per heavy atom. The van der Waals surface area contributed by atoms with Gasteiger partial charge in [0.15, 0.2) is 0 Å². The van der Waals surface area contributed by atoms with Gasteiger partial charge in [-0.2, -0.15) is 0 Å². The third kappa shape index (κ3) is 4.21. The van der Waals surface area contributed by atoms with Crippen molar-refractivity contribution in [3.63, 3.8) is 0 Å². The second kappa shape index (κ2) is 9.13. The Morgan fingerprint density at radius 3 is 2.33 bits per heavy atom. The van der Waals surface area contributed by atoms with Crippen LogP contribution in [0.25, 0.3) is 22.8 Å². The molecule has 2 heterocycles. The van der Waals surface area contributed by atoms with Crippen LogP contribution in [0.3, 0.4) is 0 Å². The Kier molecular flexibility index (Phi) is 6.05. The van der Waals surface area contributed by atoms with Gasteiger partial charge in [-0.05, 0) is 77.4 Å². The average molecular weight is 480 g/mol. The number of rotatable bonds is 3. The first-order valence-electron chi connectivity index (χ1n) is 10.6. The molecule has 33 heavy (non-hydrogen) atoms. The molecule has 1 unspecified atom stereocenters. The molecule has 2 aromatic carbocycles. The lowest BCUT2D eigenvalue weighted by atomic mass is 9.82. The van der Waals surface area contributed by atoms with E-state index < -0.39 is 6.17 Å². The van der Waals surface area contributed by atoms with Gasteiger partial charge in [-0.25, -0.2) is 21.2 Å². The maximum Gasteiger partial charge on any atom is 0.213 e. The summed E-state index contributed by atoms with van der Waals surface area (Å²) in [7, 11) is 0. The molecule has 3 aromatic rings. The van der Waals surface area contributed by atoms with E-state index in [-0.39, 0.29) is 0 Å². The Balaban J connectivity index is 1.75. The number of aromatic nitrogens is 1. The predicted octanol–water partition coefficient (Wildman–Crippen LogP) is 4.64. The Morgan fingerprint density at radius 2 is 1.67 bits per heavy atom. The smallest absolute Gasteiger partial charge is 0.213 e. The van der Waals surface area contributed by atoms with E-state index in [1.165, 1.54) is 11.1 Å². The van der Waals surface area contributed by atoms with Crippen LogP contribution < -0.4 is 27.9 Å². The van der Waals surface area contributed by atoms with E-state index in [0.29, 0.717) is 21.8 Å². The fourth-order valence-electron chi connectivity index (χ4n) is 4.46. The molecule has 1 atom stereocenters. The SMILES string of the molecule is NNC1=NC(NN)c2c(nc3c(c2-c2ccc(Cl)cc2)CCC/C3=C/c2ccc(Cl)cc2)N1. The van der Waals surface area contributed by atoms with Gasteiger partial charge in [-0.3, -0.25) is 11.3 Å². The number of hydrogen-bond donors (Lipinski definition) is 5. The summed E-state index contributed by atoms with van der Waals surface area (Å²) in [6.07, 6.45) is 4.50. The standard InChI is InChI=1S/C24H23Cl2N7/c25-16-8-4-13(5-9-16)12-15-2-1-3-18-19(14-6-10-17(26)11-7-14)20-22(29-21(15)18)30-24(33-28)31-23(20)32-27/h4-12,23,32H,1-3,27-28H2,(H2,29,30,31,33)/b15-12-. The fourth-order valence-corrected chi connectivity index (χ4v) is 4.71. The number of nitrogens with zero attached hydrogens (tertiary/aromatic N) is 2. The fraction of sp³-hybridized carbons (Fsp3) is 0.167. The number of pyridine rings is 1. The summed E-state index contributed by atoms with van der Waals surface area (Å²) in [5, 5.41) is 4.60. The number of aliphatic imine (C=N–C) groups is 1. The normalized spacial score (nSPS) is 18.2. The monoisotopic (exact) mass is 479 g/mol. The van der Waals surface area contributed by atoms with Crippen LogP contribution in [-0.2, 0) is 6.42 Å². The molecule has 7 N–H and O–H groups in total. The summed E-state index contributed by atoms with van der Waals surface area (Å²) in [6.45, 7) is 0. The Bertz CT molecular complexity index is 1250. The van der Waals surface area contributed by atoms with E-state index in [1.54, 1.807) is 0 Å². The molecule has 0 saturated carbocycles. The van der Waals surface area contributed by atoms with Gasteiger partial charge in [0.05, 0.1) is 5.69 Å². The highest BCUT2D eigenvalue weighted by atomic mass is 35.5. The number of benzene rings is 2. The lowest BCUT2D eigenvalue weighted by Gasteiger charge is -2.31. The Labute approximate surface area is 201 Å². The maximum atomic E-state index is 6.18. The minimum absolute atomic E-state index is 0.388. The van der Waals surface area contributed by atoms with E-state index >= 15 is 0 Å². The topological polar surface area (TPSA) is 113 Å². The van der Waals surface area contributed by atoms with Crippen molar-refractivity contribution in [1.29, 1.82) is 0 Å². The highest BCUT2D eigenvalue weighted by molar-refractivity contribution is 6.30. The van der Waals surface area contributed by atoms with Crippen LogP contribution in [0.15, 0.2) is 53.5 Å². The highest BCUT2D eigenvalue weighted by Gasteiger charge is 2.31. The molecule has 2 aliphatic rings. The summed E-state index contributed by atoms with van der Waals surface area (Å²) in [6, 6.07) is 15.6. The van der Waals surface area contributed by atoms with Crippen molar-refractivity contribution in [2.45, 2.75) is 25.4 Å². The number of fused-ring (bicyclic) bond motifs is 2. The predicted molar refractivity (Wildman–Crippen MR) is 135 cm³/mol. The van der Waals surface area contributed by atoms with Crippen LogP contribution in [0.1, 0.15) is 41.4 Å². The number of hydrazine groups is 2.